The van der Waals surface area contributed by atoms with Crippen LogP contribution in [0.3, 0.4) is 0 Å². The molecule has 0 atom stereocenters. The third-order valence-electron chi connectivity index (χ3n) is 4.90. The van der Waals surface area contributed by atoms with Crippen molar-refractivity contribution in [2.45, 2.75) is 26.6 Å². The molecule has 3 N–H and O–H groups in total. The molecule has 0 spiro atoms. The summed E-state index contributed by atoms with van der Waals surface area (Å²) in [5, 5.41) is 9.06. The summed E-state index contributed by atoms with van der Waals surface area (Å²) in [6, 6.07) is 11.7. The van der Waals surface area contributed by atoms with Crippen LogP contribution in [0.2, 0.25) is 0 Å². The maximum atomic E-state index is 13.5. The number of aryl methyl sites for hydroxylation is 2. The van der Waals surface area contributed by atoms with Gasteiger partial charge in [0.15, 0.2) is 0 Å². The Labute approximate surface area is 170 Å². The average Bonchev–Trinajstić information content (AvgIpc) is 2.66. The molecule has 0 aliphatic carbocycles. The molecule has 0 bridgehead atoms. The number of carboxylic acids is 1. The highest BCUT2D eigenvalue weighted by molar-refractivity contribution is 5.88. The molecule has 0 saturated heterocycles. The van der Waals surface area contributed by atoms with Gasteiger partial charge >= 0.3 is 12.1 Å². The zero-order valence-electron chi connectivity index (χ0n) is 16.2. The maximum absolute atomic E-state index is 13.5. The number of hydrogen-bond donors (Lipinski definition) is 2. The SMILES string of the molecule is Cc1ccc(Cn2c(-c3ccc(C(=O)O)cc3)cc(C(F)(F)F)c(N)c2=O)c(C)c1. The Morgan fingerprint density at radius 2 is 1.70 bits per heavy atom. The minimum atomic E-state index is -4.81. The molecule has 30 heavy (non-hydrogen) atoms. The van der Waals surface area contributed by atoms with Gasteiger partial charge in [0, 0.05) is 0 Å². The van der Waals surface area contributed by atoms with Crippen molar-refractivity contribution in [1.29, 1.82) is 0 Å². The van der Waals surface area contributed by atoms with Crippen molar-refractivity contribution in [3.63, 3.8) is 0 Å². The van der Waals surface area contributed by atoms with Gasteiger partial charge in [0.2, 0.25) is 0 Å². The first-order valence-corrected chi connectivity index (χ1v) is 8.99. The molecule has 0 unspecified atom stereocenters. The zero-order chi connectivity index (χ0) is 22.2. The molecule has 0 amide bonds. The molecule has 5 nitrogen and oxygen atoms in total. The number of anilines is 1. The monoisotopic (exact) mass is 416 g/mol. The average molecular weight is 416 g/mol. The number of nitrogen functional groups attached to an aromatic ring is 1. The van der Waals surface area contributed by atoms with E-state index in [-0.39, 0.29) is 23.4 Å². The third kappa shape index (κ3) is 4.07. The molecular weight excluding hydrogens is 397 g/mol. The lowest BCUT2D eigenvalue weighted by atomic mass is 10.0. The maximum Gasteiger partial charge on any atom is 0.418 e. The van der Waals surface area contributed by atoms with Crippen molar-refractivity contribution < 1.29 is 23.1 Å². The summed E-state index contributed by atoms with van der Waals surface area (Å²) in [5.41, 5.74) is 5.41. The van der Waals surface area contributed by atoms with Crippen LogP contribution in [0.25, 0.3) is 11.3 Å². The molecule has 1 heterocycles. The summed E-state index contributed by atoms with van der Waals surface area (Å²) < 4.78 is 41.5. The van der Waals surface area contributed by atoms with Crippen LogP contribution >= 0.6 is 0 Å². The van der Waals surface area contributed by atoms with E-state index in [1.54, 1.807) is 0 Å². The molecule has 0 saturated carbocycles. The van der Waals surface area contributed by atoms with Crippen molar-refractivity contribution >= 4 is 11.7 Å². The first-order valence-electron chi connectivity index (χ1n) is 8.99. The molecule has 2 aromatic carbocycles. The van der Waals surface area contributed by atoms with Crippen molar-refractivity contribution in [2.24, 2.45) is 0 Å². The smallest absolute Gasteiger partial charge is 0.418 e. The lowest BCUT2D eigenvalue weighted by Crippen LogP contribution is -2.29. The number of carboxylic acid groups (broad SMARTS) is 1. The molecule has 8 heteroatoms. The van der Waals surface area contributed by atoms with E-state index >= 15 is 0 Å². The summed E-state index contributed by atoms with van der Waals surface area (Å²) in [5.74, 6) is -1.16. The number of carbonyl (C=O) groups is 1. The van der Waals surface area contributed by atoms with Crippen LogP contribution in [0.4, 0.5) is 18.9 Å². The predicted octanol–water partition coefficient (Wildman–Crippen LogP) is 4.48. The fourth-order valence-corrected chi connectivity index (χ4v) is 3.27. The lowest BCUT2D eigenvalue weighted by Gasteiger charge is -2.19. The van der Waals surface area contributed by atoms with Gasteiger partial charge in [0.25, 0.3) is 5.56 Å². The number of rotatable bonds is 4. The van der Waals surface area contributed by atoms with Gasteiger partial charge in [-0.2, -0.15) is 13.2 Å². The minimum Gasteiger partial charge on any atom is -0.478 e. The Morgan fingerprint density at radius 3 is 2.23 bits per heavy atom. The standard InChI is InChI=1S/C22H19F3N2O3/c1-12-3-4-16(13(2)9-12)11-27-18(14-5-7-15(8-6-14)21(29)30)10-17(22(23,24)25)19(26)20(27)28/h3-10H,11,26H2,1-2H3,(H,29,30). The largest absolute Gasteiger partial charge is 0.478 e. The Balaban J connectivity index is 2.25. The van der Waals surface area contributed by atoms with Crippen LogP contribution in [0, 0.1) is 13.8 Å². The normalized spacial score (nSPS) is 11.5. The van der Waals surface area contributed by atoms with E-state index in [9.17, 15) is 22.8 Å². The van der Waals surface area contributed by atoms with Crippen LogP contribution in [-0.2, 0) is 12.7 Å². The number of pyridine rings is 1. The molecule has 0 aliphatic heterocycles. The molecule has 0 fully saturated rings. The molecule has 3 aromatic rings. The fraction of sp³-hybridized carbons (Fsp3) is 0.182. The minimum absolute atomic E-state index is 0.00145. The number of nitrogens with zero attached hydrogens (tertiary/aromatic N) is 1. The van der Waals surface area contributed by atoms with Crippen molar-refractivity contribution in [3.05, 3.63) is 86.7 Å². The van der Waals surface area contributed by atoms with Gasteiger partial charge in [-0.15, -0.1) is 0 Å². The van der Waals surface area contributed by atoms with Crippen molar-refractivity contribution in [2.75, 3.05) is 5.73 Å². The Morgan fingerprint density at radius 1 is 1.07 bits per heavy atom. The number of aromatic carboxylic acids is 1. The highest BCUT2D eigenvalue weighted by atomic mass is 19.4. The number of aromatic nitrogens is 1. The molecule has 156 valence electrons. The second kappa shape index (κ2) is 7.70. The highest BCUT2D eigenvalue weighted by Gasteiger charge is 2.35. The molecule has 0 radical (unpaired) electrons. The van der Waals surface area contributed by atoms with Crippen LogP contribution in [0.5, 0.6) is 0 Å². The lowest BCUT2D eigenvalue weighted by molar-refractivity contribution is -0.137. The first-order chi connectivity index (χ1) is 14.0. The predicted molar refractivity (Wildman–Crippen MR) is 108 cm³/mol. The zero-order valence-corrected chi connectivity index (χ0v) is 16.2. The van der Waals surface area contributed by atoms with E-state index in [0.717, 1.165) is 22.8 Å². The van der Waals surface area contributed by atoms with Gasteiger partial charge < -0.3 is 15.4 Å². The van der Waals surface area contributed by atoms with E-state index in [0.29, 0.717) is 0 Å². The van der Waals surface area contributed by atoms with E-state index in [4.69, 9.17) is 10.8 Å². The van der Waals surface area contributed by atoms with Gasteiger partial charge in [-0.1, -0.05) is 35.9 Å². The quantitative estimate of drug-likeness (QED) is 0.657. The van der Waals surface area contributed by atoms with Crippen LogP contribution in [0.1, 0.15) is 32.6 Å². The van der Waals surface area contributed by atoms with Crippen LogP contribution < -0.4 is 11.3 Å². The summed E-state index contributed by atoms with van der Waals surface area (Å²) in [4.78, 5) is 23.9. The summed E-state index contributed by atoms with van der Waals surface area (Å²) in [6.45, 7) is 3.78. The second-order valence-electron chi connectivity index (χ2n) is 7.06. The van der Waals surface area contributed by atoms with Crippen LogP contribution in [-0.4, -0.2) is 15.6 Å². The van der Waals surface area contributed by atoms with E-state index < -0.39 is 29.0 Å². The summed E-state index contributed by atoms with van der Waals surface area (Å²) in [6.07, 6.45) is -4.81. The third-order valence-corrected chi connectivity index (χ3v) is 4.90. The summed E-state index contributed by atoms with van der Waals surface area (Å²) >= 11 is 0. The Bertz CT molecular complexity index is 1180. The molecule has 3 rings (SSSR count). The topological polar surface area (TPSA) is 85.3 Å². The van der Waals surface area contributed by atoms with Gasteiger partial charge in [-0.25, -0.2) is 4.79 Å². The number of hydrogen-bond acceptors (Lipinski definition) is 3. The molecular formula is C22H19F3N2O3. The Kier molecular flexibility index (Phi) is 5.43. The fourth-order valence-electron chi connectivity index (χ4n) is 3.27. The molecule has 0 aliphatic rings. The Hall–Kier alpha value is -3.55. The number of alkyl halides is 3. The van der Waals surface area contributed by atoms with Crippen LogP contribution in [0.15, 0.2) is 53.3 Å². The van der Waals surface area contributed by atoms with Crippen molar-refractivity contribution in [3.8, 4) is 11.3 Å². The van der Waals surface area contributed by atoms with E-state index in [1.807, 2.05) is 32.0 Å². The number of benzene rings is 2. The van der Waals surface area contributed by atoms with Gasteiger partial charge in [-0.05, 0) is 48.7 Å². The van der Waals surface area contributed by atoms with E-state index in [1.165, 1.54) is 28.8 Å². The number of nitrogens with two attached hydrogens (primary N) is 1. The molecule has 1 aromatic heterocycles. The van der Waals surface area contributed by atoms with Gasteiger partial charge in [-0.3, -0.25) is 4.79 Å². The van der Waals surface area contributed by atoms with Gasteiger partial charge in [0.1, 0.15) is 5.69 Å². The van der Waals surface area contributed by atoms with E-state index in [2.05, 4.69) is 0 Å². The first kappa shape index (κ1) is 21.2. The summed E-state index contributed by atoms with van der Waals surface area (Å²) in [7, 11) is 0. The van der Waals surface area contributed by atoms with Crippen molar-refractivity contribution in [1.82, 2.24) is 4.57 Å². The van der Waals surface area contributed by atoms with Gasteiger partial charge in [0.05, 0.1) is 23.4 Å². The number of halogens is 3. The highest BCUT2D eigenvalue weighted by Crippen LogP contribution is 2.35. The second-order valence-corrected chi connectivity index (χ2v) is 7.06.